The SMILES string of the molecule is Cc1ccc(C(=O)c2ccc(C)cc2)cc1.Cc1ccc(N(C)c2ccc(C)cc2)cc1.Cc1ccc(N(c2ccccc2)c2ccc(C)cc2)cc1.Cc1ccc(N=Nc2ccc(C)cc2)cc1.Cc1ccc(SSc2ccc(C)cc2)cc1.Cc1ccc(Sc2ccc(C)cc2)cc1.Cc1cccc(C(=O)c2cccc(C)c2)c1. The van der Waals surface area contributed by atoms with Gasteiger partial charge >= 0.3 is 0 Å². The second-order valence-electron chi connectivity index (χ2n) is 29.1. The van der Waals surface area contributed by atoms with Crippen molar-refractivity contribution < 1.29 is 9.59 Å². The highest BCUT2D eigenvalue weighted by Gasteiger charge is 2.13. The average molecular weight is 1580 g/mol. The molecule has 0 radical (unpaired) electrons. The largest absolute Gasteiger partial charge is 0.345 e. The van der Waals surface area contributed by atoms with E-state index < -0.39 is 0 Å². The summed E-state index contributed by atoms with van der Waals surface area (Å²) in [6, 6.07) is 126. The molecule has 0 N–H and O–H groups in total. The summed E-state index contributed by atoms with van der Waals surface area (Å²) in [7, 11) is 5.70. The highest BCUT2D eigenvalue weighted by molar-refractivity contribution is 8.76. The van der Waals surface area contributed by atoms with Crippen molar-refractivity contribution >= 4 is 84.7 Å². The first-order valence-corrected chi connectivity index (χ1v) is 42.0. The molecule has 0 bridgehead atoms. The van der Waals surface area contributed by atoms with E-state index in [0.717, 1.165) is 44.8 Å². The van der Waals surface area contributed by atoms with E-state index in [9.17, 15) is 9.59 Å². The summed E-state index contributed by atoms with van der Waals surface area (Å²) in [5, 5.41) is 8.34. The van der Waals surface area contributed by atoms with Crippen molar-refractivity contribution in [2.45, 2.75) is 117 Å². The Kier molecular flexibility index (Phi) is 34.6. The summed E-state index contributed by atoms with van der Waals surface area (Å²) >= 11 is 1.80. The molecule has 15 rings (SSSR count). The first kappa shape index (κ1) is 87.8. The number of ketones is 2. The van der Waals surface area contributed by atoms with E-state index in [0.29, 0.717) is 0 Å². The smallest absolute Gasteiger partial charge is 0.193 e. The first-order chi connectivity index (χ1) is 55.9. The van der Waals surface area contributed by atoms with Crippen molar-refractivity contribution in [2.75, 3.05) is 16.8 Å². The van der Waals surface area contributed by atoms with Crippen LogP contribution in [0.2, 0.25) is 0 Å². The number of anilines is 5. The Morgan fingerprint density at radius 1 is 0.216 bits per heavy atom. The maximum absolute atomic E-state index is 12.2. The monoisotopic (exact) mass is 1570 g/mol. The fourth-order valence-corrected chi connectivity index (χ4v) is 14.1. The van der Waals surface area contributed by atoms with E-state index in [-0.39, 0.29) is 11.6 Å². The molecule has 0 aliphatic heterocycles. The van der Waals surface area contributed by atoms with Crippen LogP contribution in [-0.4, -0.2) is 18.6 Å². The van der Waals surface area contributed by atoms with E-state index in [4.69, 9.17) is 0 Å². The lowest BCUT2D eigenvalue weighted by molar-refractivity contribution is 0.103. The number of nitrogens with zero attached hydrogens (tertiary/aromatic N) is 4. The van der Waals surface area contributed by atoms with Gasteiger partial charge in [0.25, 0.3) is 0 Å². The van der Waals surface area contributed by atoms with Crippen molar-refractivity contribution in [3.05, 3.63) is 470 Å². The number of carbonyl (C=O) groups excluding carboxylic acids is 2. The molecule has 0 saturated heterocycles. The van der Waals surface area contributed by atoms with Crippen LogP contribution in [0.4, 0.5) is 39.8 Å². The number of aryl methyl sites for hydroxylation is 14. The third-order valence-electron chi connectivity index (χ3n) is 18.5. The van der Waals surface area contributed by atoms with Gasteiger partial charge in [0, 0.05) is 77.3 Å². The van der Waals surface area contributed by atoms with Gasteiger partial charge in [0.05, 0.1) is 11.4 Å². The van der Waals surface area contributed by atoms with E-state index in [1.165, 1.54) is 115 Å². The predicted octanol–water partition coefficient (Wildman–Crippen LogP) is 31.2. The minimum absolute atomic E-state index is 0.0833. The molecule has 0 heterocycles. The summed E-state index contributed by atoms with van der Waals surface area (Å²) in [5.41, 5.74) is 28.1. The van der Waals surface area contributed by atoms with Crippen LogP contribution >= 0.6 is 33.3 Å². The van der Waals surface area contributed by atoms with Gasteiger partial charge in [-0.15, -0.1) is 0 Å². The van der Waals surface area contributed by atoms with Gasteiger partial charge in [-0.3, -0.25) is 9.59 Å². The maximum Gasteiger partial charge on any atom is 0.193 e. The van der Waals surface area contributed by atoms with E-state index >= 15 is 0 Å². The van der Waals surface area contributed by atoms with Gasteiger partial charge in [-0.1, -0.05) is 336 Å². The van der Waals surface area contributed by atoms with Crippen LogP contribution in [0.15, 0.2) is 400 Å². The van der Waals surface area contributed by atoms with Crippen LogP contribution < -0.4 is 9.80 Å². The maximum atomic E-state index is 12.2. The molecule has 0 aliphatic rings. The number of hydrogen-bond acceptors (Lipinski definition) is 9. The zero-order chi connectivity index (χ0) is 82.7. The van der Waals surface area contributed by atoms with E-state index in [1.807, 2.05) is 179 Å². The topological polar surface area (TPSA) is 65.3 Å². The molecular formula is C107H106N4O2S3. The lowest BCUT2D eigenvalue weighted by Crippen LogP contribution is -2.09. The quantitative estimate of drug-likeness (QED) is 0.0542. The van der Waals surface area contributed by atoms with Crippen LogP contribution in [0.3, 0.4) is 0 Å². The molecule has 0 spiro atoms. The molecule has 15 aromatic carbocycles. The lowest BCUT2D eigenvalue weighted by atomic mass is 10.0. The first-order valence-electron chi connectivity index (χ1n) is 39.0. The number of hydrogen-bond donors (Lipinski definition) is 0. The highest BCUT2D eigenvalue weighted by Crippen LogP contribution is 2.38. The van der Waals surface area contributed by atoms with Crippen molar-refractivity contribution in [1.82, 2.24) is 0 Å². The van der Waals surface area contributed by atoms with E-state index in [2.05, 4.69) is 315 Å². The Morgan fingerprint density at radius 3 is 0.733 bits per heavy atom. The molecule has 6 nitrogen and oxygen atoms in total. The third-order valence-corrected chi connectivity index (χ3v) is 22.0. The number of azo groups is 1. The van der Waals surface area contributed by atoms with Crippen LogP contribution in [0.1, 0.15) is 110 Å². The van der Waals surface area contributed by atoms with Crippen molar-refractivity contribution in [3.8, 4) is 0 Å². The minimum atomic E-state index is 0.0833. The van der Waals surface area contributed by atoms with Crippen molar-refractivity contribution in [2.24, 2.45) is 10.2 Å². The van der Waals surface area contributed by atoms with Gasteiger partial charge in [-0.2, -0.15) is 10.2 Å². The Labute approximate surface area is 703 Å². The molecule has 0 atom stereocenters. The van der Waals surface area contributed by atoms with Gasteiger partial charge in [0.2, 0.25) is 0 Å². The zero-order valence-corrected chi connectivity index (χ0v) is 72.0. The fourth-order valence-electron chi connectivity index (χ4n) is 11.4. The van der Waals surface area contributed by atoms with Crippen LogP contribution in [0.5, 0.6) is 0 Å². The Bertz CT molecular complexity index is 5160. The minimum Gasteiger partial charge on any atom is -0.345 e. The molecule has 116 heavy (non-hydrogen) atoms. The Morgan fingerprint density at radius 2 is 0.448 bits per heavy atom. The molecule has 0 unspecified atom stereocenters. The van der Waals surface area contributed by atoms with Gasteiger partial charge in [0.1, 0.15) is 0 Å². The number of carbonyl (C=O) groups is 2. The molecule has 0 aliphatic carbocycles. The van der Waals surface area contributed by atoms with Crippen molar-refractivity contribution in [1.29, 1.82) is 0 Å². The second-order valence-corrected chi connectivity index (χ2v) is 32.5. The van der Waals surface area contributed by atoms with Gasteiger partial charge in [-0.25, -0.2) is 0 Å². The Hall–Kier alpha value is -12.1. The van der Waals surface area contributed by atoms with E-state index in [1.54, 1.807) is 33.3 Å². The summed E-state index contributed by atoms with van der Waals surface area (Å²) in [6.07, 6.45) is 0. The molecule has 0 saturated carbocycles. The average Bonchev–Trinajstić information content (AvgIpc) is 0.801. The van der Waals surface area contributed by atoms with Crippen molar-refractivity contribution in [3.63, 3.8) is 0 Å². The summed E-state index contributed by atoms with van der Waals surface area (Å²) < 4.78 is 0. The molecule has 9 heteroatoms. The second kappa shape index (κ2) is 45.7. The number of rotatable bonds is 16. The standard InChI is InChI=1S/C20H19N.C15H17N.2C15H14O.C14H14N2.C14H14S2.C14H14S/c1-16-8-12-19(13-9-16)21(18-6-4-3-5-7-18)20-14-10-17(2)11-15-20;1-12-4-8-14(9-5-12)16(3)15-10-6-13(2)7-11-15;1-11-3-7-13(8-4-11)15(16)14-9-5-12(2)6-10-14;1-11-5-3-7-13(9-11)15(16)14-8-4-6-12(2)10-14;2*1-11-3-7-13(8-4-11)15-16-14-9-5-12(2)6-10-14;1-11-3-7-13(8-4-11)15-14-9-5-12(2)6-10-14/h3-15H,1-2H3;4-11H,1-3H3;4*3-10H,1-2H3;3-10H,1-2H3. The summed E-state index contributed by atoms with van der Waals surface area (Å²) in [4.78, 5) is 33.9. The molecule has 584 valence electrons. The van der Waals surface area contributed by atoms with Gasteiger partial charge < -0.3 is 9.80 Å². The molecule has 0 fully saturated rings. The van der Waals surface area contributed by atoms with Crippen LogP contribution in [-0.2, 0) is 0 Å². The van der Waals surface area contributed by atoms with Crippen LogP contribution in [0.25, 0.3) is 0 Å². The fraction of sp³-hybridized carbons (Fsp3) is 0.140. The molecular weight excluding hydrogens is 1470 g/mol. The summed E-state index contributed by atoms with van der Waals surface area (Å²) in [5.74, 6) is 0.174. The lowest BCUT2D eigenvalue weighted by Gasteiger charge is -2.25. The number of para-hydroxylation sites is 1. The normalized spacial score (nSPS) is 10.3. The zero-order valence-electron chi connectivity index (χ0n) is 69.5. The molecule has 0 aromatic heterocycles. The summed E-state index contributed by atoms with van der Waals surface area (Å²) in [6.45, 7) is 29.0. The molecule has 0 amide bonds. The highest BCUT2D eigenvalue weighted by atomic mass is 33.1. The van der Waals surface area contributed by atoms with Gasteiger partial charge in [0.15, 0.2) is 11.6 Å². The number of benzene rings is 15. The Balaban J connectivity index is 0.000000155. The molecule has 15 aromatic rings. The third kappa shape index (κ3) is 30.0. The van der Waals surface area contributed by atoms with Crippen LogP contribution in [0, 0.1) is 96.9 Å². The predicted molar refractivity (Wildman–Crippen MR) is 500 cm³/mol. The van der Waals surface area contributed by atoms with Gasteiger partial charge in [-0.05, 0) is 243 Å².